The fraction of sp³-hybridized carbons (Fsp3) is 0.298. The van der Waals surface area contributed by atoms with Gasteiger partial charge in [0.15, 0.2) is 0 Å². The van der Waals surface area contributed by atoms with Crippen molar-refractivity contribution in [2.75, 3.05) is 20.2 Å². The number of aromatic nitrogens is 6. The van der Waals surface area contributed by atoms with E-state index in [1.807, 2.05) is 47.5 Å². The lowest BCUT2D eigenvalue weighted by molar-refractivity contribution is -0.141. The number of amides is 1. The zero-order valence-electron chi connectivity index (χ0n) is 42.1. The molecule has 382 valence electrons. The van der Waals surface area contributed by atoms with Crippen LogP contribution in [0.5, 0.6) is 11.5 Å². The summed E-state index contributed by atoms with van der Waals surface area (Å²) in [4.78, 5) is 49.2. The standard InChI is InChI=1S/C28H28N4O4.C22H26N4O2.C7H6O3/c1-3-32-25-11-10-23(17(2)27(25)29-30-32)24(15-26(34)35)20-5-4-18-12-13-31(16-21(18)14-20)28(36)19-6-8-22(33)9-7-19;1-4-26-20-8-7-18(14(2)22(20)24-25-26)19(12-21(27)28-3)16-6-5-15-9-10-23-13-17(15)11-16;8-6-3-1-5(2-4-6)7(9)10/h4-11,14,24,33H,3,12-13,15-16H2,1-2H3,(H,34,35);5-8,11,19,23H,4,9-10,12-13H2,1-3H3;1-4,8H,(H,9,10). The first-order valence-electron chi connectivity index (χ1n) is 24.7. The Morgan fingerprint density at radius 3 is 1.66 bits per heavy atom. The predicted molar refractivity (Wildman–Crippen MR) is 278 cm³/mol. The molecule has 0 saturated heterocycles. The second kappa shape index (κ2) is 23.0. The average Bonchev–Trinajstić information content (AvgIpc) is 4.05. The molecule has 0 spiro atoms. The minimum absolute atomic E-state index is 0.0524. The molecule has 10 rings (SSSR count). The van der Waals surface area contributed by atoms with E-state index in [-0.39, 0.29) is 47.2 Å². The van der Waals surface area contributed by atoms with E-state index >= 15 is 0 Å². The second-order valence-electron chi connectivity index (χ2n) is 18.4. The number of phenols is 2. The molecule has 74 heavy (non-hydrogen) atoms. The van der Waals surface area contributed by atoms with Gasteiger partial charge in [0.1, 0.15) is 22.5 Å². The highest BCUT2D eigenvalue weighted by molar-refractivity contribution is 5.94. The molecule has 1 amide bonds. The van der Waals surface area contributed by atoms with Crippen molar-refractivity contribution in [3.63, 3.8) is 0 Å². The lowest BCUT2D eigenvalue weighted by Gasteiger charge is -2.30. The van der Waals surface area contributed by atoms with E-state index in [1.165, 1.54) is 60.2 Å². The van der Waals surface area contributed by atoms with Gasteiger partial charge in [-0.15, -0.1) is 10.2 Å². The second-order valence-corrected chi connectivity index (χ2v) is 18.4. The number of aryl methyl sites for hydroxylation is 4. The molecule has 5 N–H and O–H groups in total. The highest BCUT2D eigenvalue weighted by Crippen LogP contribution is 2.37. The van der Waals surface area contributed by atoms with Crippen LogP contribution in [0.2, 0.25) is 0 Å². The number of nitrogens with zero attached hydrogens (tertiary/aromatic N) is 7. The molecule has 0 bridgehead atoms. The number of esters is 1. The lowest BCUT2D eigenvalue weighted by atomic mass is 9.83. The number of aromatic carboxylic acids is 1. The maximum absolute atomic E-state index is 13.1. The fourth-order valence-electron chi connectivity index (χ4n) is 9.90. The van der Waals surface area contributed by atoms with E-state index in [4.69, 9.17) is 14.9 Å². The third kappa shape index (κ3) is 11.4. The van der Waals surface area contributed by atoms with Gasteiger partial charge < -0.3 is 35.4 Å². The van der Waals surface area contributed by atoms with E-state index in [0.29, 0.717) is 31.6 Å². The normalized spacial score (nSPS) is 13.6. The van der Waals surface area contributed by atoms with Crippen LogP contribution in [0.4, 0.5) is 0 Å². The van der Waals surface area contributed by atoms with Gasteiger partial charge in [0.2, 0.25) is 0 Å². The fourth-order valence-corrected chi connectivity index (χ4v) is 9.90. The highest BCUT2D eigenvalue weighted by Gasteiger charge is 2.27. The van der Waals surface area contributed by atoms with E-state index in [0.717, 1.165) is 93.5 Å². The Morgan fingerprint density at radius 1 is 0.635 bits per heavy atom. The monoisotopic (exact) mass is 1000 g/mol. The molecule has 2 aliphatic rings. The third-order valence-corrected chi connectivity index (χ3v) is 14.0. The molecule has 0 fully saturated rings. The van der Waals surface area contributed by atoms with Crippen LogP contribution in [-0.4, -0.2) is 99.3 Å². The third-order valence-electron chi connectivity index (χ3n) is 14.0. The van der Waals surface area contributed by atoms with Crippen LogP contribution in [0.25, 0.3) is 22.1 Å². The van der Waals surface area contributed by atoms with Gasteiger partial charge in [0.25, 0.3) is 5.91 Å². The molecule has 0 saturated carbocycles. The van der Waals surface area contributed by atoms with Crippen molar-refractivity contribution >= 4 is 45.9 Å². The summed E-state index contributed by atoms with van der Waals surface area (Å²) in [6, 6.07) is 32.5. The Kier molecular flexibility index (Phi) is 16.1. The lowest BCUT2D eigenvalue weighted by Crippen LogP contribution is -2.36. The number of hydrogen-bond donors (Lipinski definition) is 5. The zero-order chi connectivity index (χ0) is 52.6. The molecule has 2 aromatic heterocycles. The number of carboxylic acid groups (broad SMARTS) is 2. The van der Waals surface area contributed by atoms with E-state index in [2.05, 4.69) is 76.2 Å². The van der Waals surface area contributed by atoms with Crippen molar-refractivity contribution in [2.24, 2.45) is 0 Å². The van der Waals surface area contributed by atoms with Gasteiger partial charge in [0, 0.05) is 50.1 Å². The van der Waals surface area contributed by atoms with Crippen LogP contribution in [0.1, 0.15) is 115 Å². The van der Waals surface area contributed by atoms with Crippen molar-refractivity contribution in [3.05, 3.63) is 176 Å². The van der Waals surface area contributed by atoms with Crippen molar-refractivity contribution < 1.29 is 44.3 Å². The minimum Gasteiger partial charge on any atom is -0.508 e. The van der Waals surface area contributed by atoms with Gasteiger partial charge in [-0.05, 0) is 163 Å². The number of methoxy groups -OCH3 is 1. The molecule has 0 aliphatic carbocycles. The summed E-state index contributed by atoms with van der Waals surface area (Å²) >= 11 is 0. The first kappa shape index (κ1) is 51.9. The number of fused-ring (bicyclic) bond motifs is 4. The number of rotatable bonds is 12. The first-order chi connectivity index (χ1) is 35.7. The summed E-state index contributed by atoms with van der Waals surface area (Å²) in [5.41, 5.74) is 15.3. The number of carbonyl (C=O) groups excluding carboxylic acids is 2. The molecule has 4 heterocycles. The molecular weight excluding hydrogens is 941 g/mol. The van der Waals surface area contributed by atoms with Crippen LogP contribution in [0.3, 0.4) is 0 Å². The number of aliphatic carboxylic acids is 1. The van der Waals surface area contributed by atoms with E-state index < -0.39 is 11.9 Å². The SMILES string of the molecule is CCn1nnc2c(C)c(C(CC(=O)O)c3ccc4c(c3)CN(C(=O)c3ccc(O)cc3)CC4)ccc21.CCn1nnc2c(C)c(C(CC(=O)OC)c3ccc4c(c3)CNCC4)ccc21.O=C(O)c1ccc(O)cc1. The number of phenolic OH excluding ortho intramolecular Hbond substituents is 2. The summed E-state index contributed by atoms with van der Waals surface area (Å²) in [7, 11) is 1.44. The molecule has 0 radical (unpaired) electrons. The highest BCUT2D eigenvalue weighted by atomic mass is 16.5. The van der Waals surface area contributed by atoms with Gasteiger partial charge in [-0.3, -0.25) is 14.4 Å². The summed E-state index contributed by atoms with van der Waals surface area (Å²) in [5.74, 6) is -2.40. The quantitative estimate of drug-likeness (QED) is 0.0723. The smallest absolute Gasteiger partial charge is 0.335 e. The van der Waals surface area contributed by atoms with Crippen LogP contribution < -0.4 is 5.32 Å². The minimum atomic E-state index is -0.986. The van der Waals surface area contributed by atoms with E-state index in [1.54, 1.807) is 17.0 Å². The van der Waals surface area contributed by atoms with Crippen molar-refractivity contribution in [1.29, 1.82) is 0 Å². The number of aromatic hydroxyl groups is 2. The molecule has 17 nitrogen and oxygen atoms in total. The Morgan fingerprint density at radius 2 is 1.15 bits per heavy atom. The van der Waals surface area contributed by atoms with Gasteiger partial charge in [-0.2, -0.15) is 0 Å². The summed E-state index contributed by atoms with van der Waals surface area (Å²) < 4.78 is 8.73. The summed E-state index contributed by atoms with van der Waals surface area (Å²) in [6.45, 7) is 12.5. The Labute approximate surface area is 428 Å². The number of benzene rings is 6. The van der Waals surface area contributed by atoms with Crippen LogP contribution in [0.15, 0.2) is 109 Å². The first-order valence-corrected chi connectivity index (χ1v) is 24.7. The van der Waals surface area contributed by atoms with Crippen molar-refractivity contribution in [1.82, 2.24) is 40.2 Å². The Bertz CT molecular complexity index is 3350. The molecule has 8 aromatic rings. The topological polar surface area (TPSA) is 235 Å². The number of nitrogens with one attached hydrogen (secondary N) is 1. The zero-order valence-corrected chi connectivity index (χ0v) is 42.1. The molecule has 2 aliphatic heterocycles. The summed E-state index contributed by atoms with van der Waals surface area (Å²) in [5, 5.41) is 57.0. The Balaban J connectivity index is 0.000000169. The average molecular weight is 1000 g/mol. The van der Waals surface area contributed by atoms with Crippen LogP contribution in [0, 0.1) is 13.8 Å². The number of carboxylic acids is 2. The van der Waals surface area contributed by atoms with Gasteiger partial charge in [0.05, 0.1) is 36.5 Å². The number of carbonyl (C=O) groups is 4. The molecule has 2 atom stereocenters. The van der Waals surface area contributed by atoms with Crippen LogP contribution in [-0.2, 0) is 53.3 Å². The van der Waals surface area contributed by atoms with Gasteiger partial charge in [-0.1, -0.05) is 59.0 Å². The predicted octanol–water partition coefficient (Wildman–Crippen LogP) is 8.46. The molecule has 6 aromatic carbocycles. The molecular formula is C57H60N8O9. The Hall–Kier alpha value is -8.44. The van der Waals surface area contributed by atoms with Crippen LogP contribution >= 0.6 is 0 Å². The maximum atomic E-state index is 13.1. The van der Waals surface area contributed by atoms with Crippen molar-refractivity contribution in [2.45, 2.75) is 91.4 Å². The molecule has 17 heteroatoms. The van der Waals surface area contributed by atoms with Crippen molar-refractivity contribution in [3.8, 4) is 11.5 Å². The summed E-state index contributed by atoms with van der Waals surface area (Å²) in [6.07, 6.45) is 2.02. The largest absolute Gasteiger partial charge is 0.508 e. The van der Waals surface area contributed by atoms with Gasteiger partial charge >= 0.3 is 17.9 Å². The number of ether oxygens (including phenoxy) is 1. The number of hydrogen-bond acceptors (Lipinski definition) is 12. The van der Waals surface area contributed by atoms with Gasteiger partial charge in [-0.25, -0.2) is 14.2 Å². The molecule has 2 unspecified atom stereocenters. The van der Waals surface area contributed by atoms with E-state index in [9.17, 15) is 29.4 Å². The maximum Gasteiger partial charge on any atom is 0.335 e.